The molecule has 1 aliphatic carbocycles. The lowest BCUT2D eigenvalue weighted by molar-refractivity contribution is -0.138. The van der Waals surface area contributed by atoms with Gasteiger partial charge < -0.3 is 9.52 Å². The van der Waals surface area contributed by atoms with Gasteiger partial charge in [-0.3, -0.25) is 4.79 Å². The summed E-state index contributed by atoms with van der Waals surface area (Å²) in [7, 11) is 0. The average molecular weight is 182 g/mol. The Bertz CT molecular complexity index is 330. The van der Waals surface area contributed by atoms with Gasteiger partial charge in [0.05, 0.1) is 0 Å². The van der Waals surface area contributed by atoms with Gasteiger partial charge in [0.1, 0.15) is 5.92 Å². The molecule has 1 saturated carbocycles. The molecule has 1 unspecified atom stereocenters. The fraction of sp³-hybridized carbons (Fsp3) is 0.625. The molecule has 2 rings (SSSR count). The largest absolute Gasteiger partial charge is 0.481 e. The predicted octanol–water partition coefficient (Wildman–Crippen LogP) is 1.14. The van der Waals surface area contributed by atoms with Gasteiger partial charge in [-0.05, 0) is 19.8 Å². The maximum Gasteiger partial charge on any atom is 0.315 e. The fourth-order valence-corrected chi connectivity index (χ4v) is 1.02. The van der Waals surface area contributed by atoms with Gasteiger partial charge >= 0.3 is 5.97 Å². The summed E-state index contributed by atoms with van der Waals surface area (Å²) >= 11 is 0. The summed E-state index contributed by atoms with van der Waals surface area (Å²) in [6.07, 6.45) is 2.15. The van der Waals surface area contributed by atoms with E-state index in [9.17, 15) is 4.79 Å². The smallest absolute Gasteiger partial charge is 0.315 e. The van der Waals surface area contributed by atoms with Gasteiger partial charge in [-0.1, -0.05) is 0 Å². The number of aliphatic carboxylic acids is 1. The lowest BCUT2D eigenvalue weighted by Crippen LogP contribution is -2.07. The van der Waals surface area contributed by atoms with Gasteiger partial charge in [0, 0.05) is 5.92 Å². The Morgan fingerprint density at radius 2 is 2.31 bits per heavy atom. The zero-order valence-corrected chi connectivity index (χ0v) is 7.23. The molecule has 1 aromatic heterocycles. The Balaban J connectivity index is 2.16. The van der Waals surface area contributed by atoms with Crippen LogP contribution < -0.4 is 0 Å². The van der Waals surface area contributed by atoms with Gasteiger partial charge in [0.2, 0.25) is 11.8 Å². The molecular formula is C8H10N2O3. The number of carboxylic acids is 1. The molecule has 0 saturated heterocycles. The van der Waals surface area contributed by atoms with Crippen molar-refractivity contribution in [2.24, 2.45) is 0 Å². The van der Waals surface area contributed by atoms with Crippen LogP contribution in [-0.2, 0) is 4.79 Å². The first kappa shape index (κ1) is 8.22. The number of hydrogen-bond acceptors (Lipinski definition) is 4. The van der Waals surface area contributed by atoms with Crippen LogP contribution in [0, 0.1) is 0 Å². The van der Waals surface area contributed by atoms with Crippen molar-refractivity contribution in [1.82, 2.24) is 10.2 Å². The van der Waals surface area contributed by atoms with Crippen LogP contribution in [0.2, 0.25) is 0 Å². The van der Waals surface area contributed by atoms with Crippen molar-refractivity contribution >= 4 is 5.97 Å². The van der Waals surface area contributed by atoms with Crippen molar-refractivity contribution in [1.29, 1.82) is 0 Å². The lowest BCUT2D eigenvalue weighted by Gasteiger charge is -1.97. The number of carbonyl (C=O) groups is 1. The third-order valence-corrected chi connectivity index (χ3v) is 2.12. The molecule has 0 aromatic carbocycles. The second-order valence-corrected chi connectivity index (χ2v) is 3.31. The van der Waals surface area contributed by atoms with E-state index in [1.54, 1.807) is 0 Å². The first-order valence-electron chi connectivity index (χ1n) is 4.24. The first-order chi connectivity index (χ1) is 6.18. The molecule has 0 radical (unpaired) electrons. The summed E-state index contributed by atoms with van der Waals surface area (Å²) in [6.45, 7) is 1.53. The highest BCUT2D eigenvalue weighted by Crippen LogP contribution is 2.39. The molecule has 70 valence electrons. The fourth-order valence-electron chi connectivity index (χ4n) is 1.02. The number of hydrogen-bond donors (Lipinski definition) is 1. The van der Waals surface area contributed by atoms with E-state index in [0.29, 0.717) is 11.8 Å². The molecule has 1 fully saturated rings. The van der Waals surface area contributed by atoms with Crippen LogP contribution in [0.3, 0.4) is 0 Å². The van der Waals surface area contributed by atoms with Gasteiger partial charge in [-0.25, -0.2) is 0 Å². The topological polar surface area (TPSA) is 76.2 Å². The van der Waals surface area contributed by atoms with Crippen LogP contribution in [0.5, 0.6) is 0 Å². The Labute approximate surface area is 74.8 Å². The second kappa shape index (κ2) is 2.83. The Hall–Kier alpha value is -1.39. The molecule has 1 atom stereocenters. The SMILES string of the molecule is CC(C(=O)O)c1nnc(C2CC2)o1. The van der Waals surface area contributed by atoms with Crippen molar-refractivity contribution in [3.63, 3.8) is 0 Å². The lowest BCUT2D eigenvalue weighted by atomic mass is 10.2. The summed E-state index contributed by atoms with van der Waals surface area (Å²) in [5.74, 6) is -0.481. The molecule has 13 heavy (non-hydrogen) atoms. The van der Waals surface area contributed by atoms with E-state index in [-0.39, 0.29) is 5.89 Å². The Morgan fingerprint density at radius 1 is 1.62 bits per heavy atom. The summed E-state index contributed by atoms with van der Waals surface area (Å²) in [5, 5.41) is 16.2. The van der Waals surface area contributed by atoms with Crippen LogP contribution in [0.1, 0.15) is 43.4 Å². The minimum absolute atomic E-state index is 0.203. The standard InChI is InChI=1S/C8H10N2O3/c1-4(8(11)12)6-9-10-7(13-6)5-2-3-5/h4-5H,2-3H2,1H3,(H,11,12). The van der Waals surface area contributed by atoms with Crippen LogP contribution in [0.15, 0.2) is 4.42 Å². The average Bonchev–Trinajstić information content (AvgIpc) is 2.83. The van der Waals surface area contributed by atoms with Crippen LogP contribution in [0.4, 0.5) is 0 Å². The third kappa shape index (κ3) is 1.54. The molecule has 0 bridgehead atoms. The molecule has 5 nitrogen and oxygen atoms in total. The molecule has 5 heteroatoms. The monoisotopic (exact) mass is 182 g/mol. The molecule has 1 aliphatic rings. The molecule has 1 N–H and O–H groups in total. The highest BCUT2D eigenvalue weighted by atomic mass is 16.4. The zero-order chi connectivity index (χ0) is 9.42. The van der Waals surface area contributed by atoms with E-state index >= 15 is 0 Å². The van der Waals surface area contributed by atoms with Crippen molar-refractivity contribution in [3.05, 3.63) is 11.8 Å². The minimum atomic E-state index is -0.939. The molecular weight excluding hydrogens is 172 g/mol. The molecule has 0 spiro atoms. The van der Waals surface area contributed by atoms with E-state index in [1.807, 2.05) is 0 Å². The van der Waals surface area contributed by atoms with Crippen LogP contribution in [-0.4, -0.2) is 21.3 Å². The van der Waals surface area contributed by atoms with Crippen molar-refractivity contribution in [2.75, 3.05) is 0 Å². The highest BCUT2D eigenvalue weighted by molar-refractivity contribution is 5.73. The van der Waals surface area contributed by atoms with Gasteiger partial charge in [0.25, 0.3) is 0 Å². The highest BCUT2D eigenvalue weighted by Gasteiger charge is 2.31. The molecule has 1 heterocycles. The molecule has 1 aromatic rings. The minimum Gasteiger partial charge on any atom is -0.481 e. The normalized spacial score (nSPS) is 18.5. The second-order valence-electron chi connectivity index (χ2n) is 3.31. The van der Waals surface area contributed by atoms with Crippen LogP contribution >= 0.6 is 0 Å². The van der Waals surface area contributed by atoms with Gasteiger partial charge in [-0.15, -0.1) is 10.2 Å². The summed E-state index contributed by atoms with van der Waals surface area (Å²) in [6, 6.07) is 0. The van der Waals surface area contributed by atoms with Gasteiger partial charge in [-0.2, -0.15) is 0 Å². The van der Waals surface area contributed by atoms with Crippen molar-refractivity contribution < 1.29 is 14.3 Å². The van der Waals surface area contributed by atoms with E-state index < -0.39 is 11.9 Å². The molecule has 0 amide bonds. The Kier molecular flexibility index (Phi) is 1.79. The Morgan fingerprint density at radius 3 is 2.85 bits per heavy atom. The quantitative estimate of drug-likeness (QED) is 0.758. The van der Waals surface area contributed by atoms with Gasteiger partial charge in [0.15, 0.2) is 0 Å². The number of rotatable bonds is 3. The summed E-state index contributed by atoms with van der Waals surface area (Å²) in [5.41, 5.74) is 0. The maximum absolute atomic E-state index is 10.6. The summed E-state index contributed by atoms with van der Waals surface area (Å²) in [4.78, 5) is 10.6. The summed E-state index contributed by atoms with van der Waals surface area (Å²) < 4.78 is 5.23. The van der Waals surface area contributed by atoms with E-state index in [0.717, 1.165) is 12.8 Å². The van der Waals surface area contributed by atoms with E-state index in [1.165, 1.54) is 6.92 Å². The number of aromatic nitrogens is 2. The number of carboxylic acid groups (broad SMARTS) is 1. The first-order valence-corrected chi connectivity index (χ1v) is 4.24. The maximum atomic E-state index is 10.6. The van der Waals surface area contributed by atoms with E-state index in [4.69, 9.17) is 9.52 Å². The molecule has 0 aliphatic heterocycles. The van der Waals surface area contributed by atoms with Crippen molar-refractivity contribution in [3.8, 4) is 0 Å². The third-order valence-electron chi connectivity index (χ3n) is 2.12. The zero-order valence-electron chi connectivity index (χ0n) is 7.23. The number of nitrogens with zero attached hydrogens (tertiary/aromatic N) is 2. The van der Waals surface area contributed by atoms with Crippen molar-refractivity contribution in [2.45, 2.75) is 31.6 Å². The van der Waals surface area contributed by atoms with Crippen LogP contribution in [0.25, 0.3) is 0 Å². The predicted molar refractivity (Wildman–Crippen MR) is 42.3 cm³/mol. The van der Waals surface area contributed by atoms with E-state index in [2.05, 4.69) is 10.2 Å².